The van der Waals surface area contributed by atoms with E-state index in [1.54, 1.807) is 48.8 Å². The molecule has 13 heteroatoms. The summed E-state index contributed by atoms with van der Waals surface area (Å²) in [6, 6.07) is 1.26. The van der Waals surface area contributed by atoms with Crippen molar-refractivity contribution >= 4 is 55.0 Å². The summed E-state index contributed by atoms with van der Waals surface area (Å²) in [5.41, 5.74) is 6.97. The Morgan fingerprint density at radius 1 is 1.26 bits per heavy atom. The number of carbonyl (C=O) groups excluding carboxylic acids is 2. The smallest absolute Gasteiger partial charge is 0.280 e. The normalized spacial score (nSPS) is 12.4. The number of nitrogens with one attached hydrogen (secondary N) is 1. The zero-order chi connectivity index (χ0) is 24.7. The highest BCUT2D eigenvalue weighted by Gasteiger charge is 2.27. The van der Waals surface area contributed by atoms with Crippen LogP contribution in [0.1, 0.15) is 34.4 Å². The summed E-state index contributed by atoms with van der Waals surface area (Å²) in [6.45, 7) is 3.79. The van der Waals surface area contributed by atoms with Gasteiger partial charge in [0.2, 0.25) is 5.91 Å². The standard InChI is InChI=1S/C21H20BrF2N7O2S/c1-9(7-31-8-11(22)5-27-31)20(33)29-16-15-12(13-6-26-30(3)10(13)2)4-14(18(23)24)28-21(15)34-17(16)19(25)32/h4-6,8-9,18H,7H2,1-3H3,(H2,25,32)(H,29,33). The van der Waals surface area contributed by atoms with Crippen LogP contribution in [-0.2, 0) is 18.4 Å². The Balaban J connectivity index is 1.84. The first-order valence-corrected chi connectivity index (χ1v) is 11.7. The van der Waals surface area contributed by atoms with E-state index < -0.39 is 23.9 Å². The van der Waals surface area contributed by atoms with Crippen molar-refractivity contribution in [2.75, 3.05) is 5.32 Å². The summed E-state index contributed by atoms with van der Waals surface area (Å²) < 4.78 is 31.3. The summed E-state index contributed by atoms with van der Waals surface area (Å²) in [7, 11) is 1.73. The van der Waals surface area contributed by atoms with Gasteiger partial charge in [0.25, 0.3) is 12.3 Å². The molecule has 0 aliphatic carbocycles. The molecule has 0 fully saturated rings. The molecular formula is C21H20BrF2N7O2S. The molecule has 4 aromatic rings. The third-order valence-corrected chi connectivity index (χ3v) is 6.92. The SMILES string of the molecule is Cc1c(-c2cc(C(F)F)nc3sc(C(N)=O)c(NC(=O)C(C)Cn4cc(Br)cn4)c23)cnn1C. The van der Waals surface area contributed by atoms with E-state index in [0.29, 0.717) is 16.5 Å². The number of amides is 2. The summed E-state index contributed by atoms with van der Waals surface area (Å²) in [4.78, 5) is 29.6. The number of carbonyl (C=O) groups is 2. The zero-order valence-corrected chi connectivity index (χ0v) is 20.7. The zero-order valence-electron chi connectivity index (χ0n) is 18.3. The van der Waals surface area contributed by atoms with Gasteiger partial charge in [0, 0.05) is 29.9 Å². The van der Waals surface area contributed by atoms with Crippen LogP contribution in [0, 0.1) is 12.8 Å². The lowest BCUT2D eigenvalue weighted by molar-refractivity contribution is -0.119. The minimum atomic E-state index is -2.83. The van der Waals surface area contributed by atoms with E-state index in [0.717, 1.165) is 21.5 Å². The van der Waals surface area contributed by atoms with E-state index in [-0.39, 0.29) is 27.8 Å². The van der Waals surface area contributed by atoms with Crippen molar-refractivity contribution in [1.82, 2.24) is 24.5 Å². The molecule has 4 aromatic heterocycles. The highest BCUT2D eigenvalue weighted by atomic mass is 79.9. The van der Waals surface area contributed by atoms with Crippen LogP contribution in [-0.4, -0.2) is 36.4 Å². The maximum absolute atomic E-state index is 13.6. The molecule has 34 heavy (non-hydrogen) atoms. The summed E-state index contributed by atoms with van der Waals surface area (Å²) in [5, 5.41) is 11.5. The number of aryl methyl sites for hydroxylation is 1. The Hall–Kier alpha value is -3.19. The summed E-state index contributed by atoms with van der Waals surface area (Å²) >= 11 is 4.17. The molecule has 9 nitrogen and oxygen atoms in total. The highest BCUT2D eigenvalue weighted by molar-refractivity contribution is 9.10. The van der Waals surface area contributed by atoms with E-state index >= 15 is 0 Å². The number of fused-ring (bicyclic) bond motifs is 1. The van der Waals surface area contributed by atoms with Crippen molar-refractivity contribution in [3.05, 3.63) is 45.4 Å². The molecule has 4 rings (SSSR count). The number of hydrogen-bond acceptors (Lipinski definition) is 6. The highest BCUT2D eigenvalue weighted by Crippen LogP contribution is 2.43. The van der Waals surface area contributed by atoms with E-state index in [2.05, 4.69) is 36.4 Å². The predicted molar refractivity (Wildman–Crippen MR) is 128 cm³/mol. The molecule has 178 valence electrons. The van der Waals surface area contributed by atoms with Crippen LogP contribution in [0.4, 0.5) is 14.5 Å². The van der Waals surface area contributed by atoms with Gasteiger partial charge >= 0.3 is 0 Å². The number of thiophene rings is 1. The van der Waals surface area contributed by atoms with E-state index in [1.165, 1.54) is 6.07 Å². The Bertz CT molecular complexity index is 1410. The van der Waals surface area contributed by atoms with Crippen molar-refractivity contribution in [1.29, 1.82) is 0 Å². The first kappa shape index (κ1) is 24.0. The van der Waals surface area contributed by atoms with Gasteiger partial charge in [-0.15, -0.1) is 11.3 Å². The van der Waals surface area contributed by atoms with Gasteiger partial charge < -0.3 is 11.1 Å². The average molecular weight is 552 g/mol. The number of halogens is 3. The monoisotopic (exact) mass is 551 g/mol. The molecule has 0 aliphatic heterocycles. The van der Waals surface area contributed by atoms with Gasteiger partial charge in [-0.25, -0.2) is 13.8 Å². The van der Waals surface area contributed by atoms with Gasteiger partial charge in [-0.1, -0.05) is 6.92 Å². The average Bonchev–Trinajstić information content (AvgIpc) is 3.45. The van der Waals surface area contributed by atoms with Crippen molar-refractivity contribution in [3.8, 4) is 11.1 Å². The van der Waals surface area contributed by atoms with E-state index in [1.807, 2.05) is 0 Å². The third kappa shape index (κ3) is 4.44. The second-order valence-corrected chi connectivity index (χ2v) is 9.70. The van der Waals surface area contributed by atoms with Crippen LogP contribution in [0.25, 0.3) is 21.3 Å². The molecule has 0 radical (unpaired) electrons. The molecule has 1 atom stereocenters. The van der Waals surface area contributed by atoms with E-state index in [4.69, 9.17) is 5.73 Å². The number of primary amides is 1. The number of hydrogen-bond donors (Lipinski definition) is 2. The van der Waals surface area contributed by atoms with Crippen LogP contribution in [0.5, 0.6) is 0 Å². The number of nitrogens with zero attached hydrogens (tertiary/aromatic N) is 5. The Kier molecular flexibility index (Phi) is 6.49. The Morgan fingerprint density at radius 2 is 2.00 bits per heavy atom. The lowest BCUT2D eigenvalue weighted by Crippen LogP contribution is -2.25. The van der Waals surface area contributed by atoms with Gasteiger partial charge in [-0.3, -0.25) is 19.0 Å². The van der Waals surface area contributed by atoms with Crippen LogP contribution in [0.3, 0.4) is 0 Å². The second-order valence-electron chi connectivity index (χ2n) is 7.78. The van der Waals surface area contributed by atoms with Gasteiger partial charge in [0.05, 0.1) is 35.0 Å². The maximum Gasteiger partial charge on any atom is 0.280 e. The van der Waals surface area contributed by atoms with Crippen molar-refractivity contribution < 1.29 is 18.4 Å². The van der Waals surface area contributed by atoms with Crippen LogP contribution < -0.4 is 11.1 Å². The molecule has 4 heterocycles. The Labute approximate surface area is 205 Å². The number of anilines is 1. The van der Waals surface area contributed by atoms with Crippen LogP contribution in [0.15, 0.2) is 29.1 Å². The minimum Gasteiger partial charge on any atom is -0.365 e. The minimum absolute atomic E-state index is 0.0269. The number of aromatic nitrogens is 5. The molecule has 0 saturated heterocycles. The van der Waals surface area contributed by atoms with Crippen molar-refractivity contribution in [2.24, 2.45) is 18.7 Å². The number of pyridine rings is 1. The quantitative estimate of drug-likeness (QED) is 0.355. The molecule has 0 saturated carbocycles. The third-order valence-electron chi connectivity index (χ3n) is 5.41. The van der Waals surface area contributed by atoms with Gasteiger partial charge in [-0.05, 0) is 34.5 Å². The fourth-order valence-corrected chi connectivity index (χ4v) is 4.89. The second kappa shape index (κ2) is 9.22. The fraction of sp³-hybridized carbons (Fsp3) is 0.286. The molecular weight excluding hydrogens is 532 g/mol. The first-order valence-electron chi connectivity index (χ1n) is 10.1. The Morgan fingerprint density at radius 3 is 2.56 bits per heavy atom. The molecule has 1 unspecified atom stereocenters. The number of nitrogens with two attached hydrogens (primary N) is 1. The van der Waals surface area contributed by atoms with Crippen LogP contribution in [0.2, 0.25) is 0 Å². The largest absolute Gasteiger partial charge is 0.365 e. The lowest BCUT2D eigenvalue weighted by Gasteiger charge is -2.14. The summed E-state index contributed by atoms with van der Waals surface area (Å²) in [5.74, 6) is -1.71. The van der Waals surface area contributed by atoms with Crippen LogP contribution >= 0.6 is 27.3 Å². The fourth-order valence-electron chi connectivity index (χ4n) is 3.55. The molecule has 2 amide bonds. The van der Waals surface area contributed by atoms with Gasteiger partial charge in [0.1, 0.15) is 15.4 Å². The van der Waals surface area contributed by atoms with Gasteiger partial charge in [0.15, 0.2) is 0 Å². The lowest BCUT2D eigenvalue weighted by atomic mass is 10.0. The van der Waals surface area contributed by atoms with Gasteiger partial charge in [-0.2, -0.15) is 10.2 Å². The molecule has 0 aliphatic rings. The molecule has 3 N–H and O–H groups in total. The predicted octanol–water partition coefficient (Wildman–Crippen LogP) is 4.28. The molecule has 0 bridgehead atoms. The van der Waals surface area contributed by atoms with E-state index in [9.17, 15) is 18.4 Å². The summed E-state index contributed by atoms with van der Waals surface area (Å²) in [6.07, 6.45) is 2.06. The van der Waals surface area contributed by atoms with Crippen molar-refractivity contribution in [2.45, 2.75) is 26.8 Å². The molecule has 0 spiro atoms. The first-order chi connectivity index (χ1) is 16.1. The maximum atomic E-state index is 13.6. The molecule has 0 aromatic carbocycles. The topological polar surface area (TPSA) is 121 Å². The van der Waals surface area contributed by atoms with Crippen molar-refractivity contribution in [3.63, 3.8) is 0 Å². The number of rotatable bonds is 7. The number of alkyl halides is 2.